The van der Waals surface area contributed by atoms with Gasteiger partial charge in [0.05, 0.1) is 34.0 Å². The molecule has 0 aliphatic heterocycles. The van der Waals surface area contributed by atoms with E-state index in [9.17, 15) is 18.0 Å². The van der Waals surface area contributed by atoms with Gasteiger partial charge in [-0.05, 0) is 61.4 Å². The zero-order chi connectivity index (χ0) is 27.3. The van der Waals surface area contributed by atoms with Gasteiger partial charge >= 0.3 is 0 Å². The molecular formula is C28H24N4O4S2. The van der Waals surface area contributed by atoms with Gasteiger partial charge in [0.1, 0.15) is 0 Å². The predicted molar refractivity (Wildman–Crippen MR) is 147 cm³/mol. The molecule has 0 atom stereocenters. The molecule has 0 aliphatic rings. The van der Waals surface area contributed by atoms with E-state index in [1.54, 1.807) is 19.9 Å². The molecule has 2 N–H and O–H groups in total. The number of aromatic nitrogens is 1. The molecule has 0 aliphatic carbocycles. The molecule has 8 nitrogen and oxygen atoms in total. The predicted octanol–water partition coefficient (Wildman–Crippen LogP) is 4.90. The van der Waals surface area contributed by atoms with Crippen LogP contribution >= 0.6 is 11.3 Å². The summed E-state index contributed by atoms with van der Waals surface area (Å²) in [4.78, 5) is 29.5. The molecule has 0 saturated carbocycles. The number of hydrogen-bond acceptors (Lipinski definition) is 7. The van der Waals surface area contributed by atoms with Crippen LogP contribution in [0.25, 0.3) is 22.4 Å². The standard InChI is InChI=1S/C28H24N4O4S2/c1-18(2)38(35,36)24-11-5-10-23(14-24)27(34)30-16-26(33)32-28-31-25(17-37-28)22-9-4-8-21(13-22)20-7-3-6-19(12-20)15-29/h3-14,17-18H,16H2,1-2H3,(H,30,34)(H,31,32,33). The number of sulfone groups is 1. The minimum atomic E-state index is -3.53. The Morgan fingerprint density at radius 2 is 1.66 bits per heavy atom. The van der Waals surface area contributed by atoms with E-state index in [1.807, 2.05) is 47.8 Å². The third-order valence-electron chi connectivity index (χ3n) is 5.69. The highest BCUT2D eigenvalue weighted by Gasteiger charge is 2.20. The number of nitrogens with one attached hydrogen (secondary N) is 2. The van der Waals surface area contributed by atoms with Gasteiger partial charge in [-0.2, -0.15) is 5.26 Å². The van der Waals surface area contributed by atoms with Crippen molar-refractivity contribution in [3.05, 3.63) is 89.3 Å². The fourth-order valence-corrected chi connectivity index (χ4v) is 5.44. The largest absolute Gasteiger partial charge is 0.343 e. The third-order valence-corrected chi connectivity index (χ3v) is 8.60. The fourth-order valence-electron chi connectivity index (χ4n) is 3.60. The van der Waals surface area contributed by atoms with Crippen LogP contribution < -0.4 is 10.6 Å². The smallest absolute Gasteiger partial charge is 0.251 e. The van der Waals surface area contributed by atoms with E-state index in [-0.39, 0.29) is 17.0 Å². The van der Waals surface area contributed by atoms with Gasteiger partial charge in [0.25, 0.3) is 5.91 Å². The summed E-state index contributed by atoms with van der Waals surface area (Å²) < 4.78 is 24.8. The van der Waals surface area contributed by atoms with Crippen LogP contribution in [-0.4, -0.2) is 37.0 Å². The minimum absolute atomic E-state index is 0.0572. The number of anilines is 1. The molecule has 2 amide bonds. The van der Waals surface area contributed by atoms with Gasteiger partial charge in [-0.25, -0.2) is 13.4 Å². The first-order valence-electron chi connectivity index (χ1n) is 11.7. The quantitative estimate of drug-likeness (QED) is 0.325. The van der Waals surface area contributed by atoms with E-state index in [1.165, 1.54) is 35.6 Å². The second kappa shape index (κ2) is 11.4. The van der Waals surface area contributed by atoms with Crippen LogP contribution in [0.1, 0.15) is 29.8 Å². The molecule has 0 spiro atoms. The van der Waals surface area contributed by atoms with Crippen molar-refractivity contribution in [1.29, 1.82) is 5.26 Å². The summed E-state index contributed by atoms with van der Waals surface area (Å²) in [5.74, 6) is -1.02. The summed E-state index contributed by atoms with van der Waals surface area (Å²) in [6, 6.07) is 22.9. The second-order valence-electron chi connectivity index (χ2n) is 8.66. The SMILES string of the molecule is CC(C)S(=O)(=O)c1cccc(C(=O)NCC(=O)Nc2nc(-c3cccc(-c4cccc(C#N)c4)c3)cs2)c1. The summed E-state index contributed by atoms with van der Waals surface area (Å²) in [6.07, 6.45) is 0. The van der Waals surface area contributed by atoms with Crippen LogP contribution in [0.2, 0.25) is 0 Å². The highest BCUT2D eigenvalue weighted by atomic mass is 32.2. The summed E-state index contributed by atoms with van der Waals surface area (Å²) in [5.41, 5.74) is 4.11. The lowest BCUT2D eigenvalue weighted by atomic mass is 10.0. The van der Waals surface area contributed by atoms with Gasteiger partial charge in [-0.1, -0.05) is 36.4 Å². The average molecular weight is 545 g/mol. The Kier molecular flexibility index (Phi) is 8.00. The zero-order valence-electron chi connectivity index (χ0n) is 20.6. The van der Waals surface area contributed by atoms with Gasteiger partial charge in [-0.3, -0.25) is 9.59 Å². The van der Waals surface area contributed by atoms with Gasteiger partial charge < -0.3 is 10.6 Å². The van der Waals surface area contributed by atoms with Crippen LogP contribution in [0, 0.1) is 11.3 Å². The Morgan fingerprint density at radius 3 is 2.39 bits per heavy atom. The van der Waals surface area contributed by atoms with Crippen molar-refractivity contribution >= 4 is 38.1 Å². The number of thiazole rings is 1. The average Bonchev–Trinajstić information content (AvgIpc) is 3.40. The lowest BCUT2D eigenvalue weighted by molar-refractivity contribution is -0.115. The molecule has 10 heteroatoms. The Hall–Kier alpha value is -4.33. The van der Waals surface area contributed by atoms with Crippen molar-refractivity contribution in [2.45, 2.75) is 24.0 Å². The molecule has 1 aromatic heterocycles. The van der Waals surface area contributed by atoms with E-state index in [0.717, 1.165) is 16.7 Å². The summed E-state index contributed by atoms with van der Waals surface area (Å²) >= 11 is 1.25. The first-order valence-corrected chi connectivity index (χ1v) is 14.1. The third kappa shape index (κ3) is 6.14. The van der Waals surface area contributed by atoms with E-state index < -0.39 is 26.9 Å². The van der Waals surface area contributed by atoms with Crippen LogP contribution in [0.15, 0.2) is 83.1 Å². The Bertz CT molecular complexity index is 1650. The Balaban J connectivity index is 1.39. The minimum Gasteiger partial charge on any atom is -0.343 e. The summed E-state index contributed by atoms with van der Waals surface area (Å²) in [5, 5.41) is 15.9. The molecular weight excluding hydrogens is 520 g/mol. The van der Waals surface area contributed by atoms with E-state index in [2.05, 4.69) is 21.7 Å². The topological polar surface area (TPSA) is 129 Å². The number of rotatable bonds is 8. The fraction of sp³-hybridized carbons (Fsp3) is 0.143. The Morgan fingerprint density at radius 1 is 0.974 bits per heavy atom. The number of benzene rings is 3. The maximum absolute atomic E-state index is 12.5. The molecule has 4 rings (SSSR count). The molecule has 192 valence electrons. The molecule has 3 aromatic carbocycles. The van der Waals surface area contributed by atoms with Crippen molar-refractivity contribution in [2.24, 2.45) is 0 Å². The highest BCUT2D eigenvalue weighted by Crippen LogP contribution is 2.29. The number of hydrogen-bond donors (Lipinski definition) is 2. The molecule has 0 saturated heterocycles. The second-order valence-corrected chi connectivity index (χ2v) is 12.0. The lowest BCUT2D eigenvalue weighted by Crippen LogP contribution is -2.33. The zero-order valence-corrected chi connectivity index (χ0v) is 22.3. The monoisotopic (exact) mass is 544 g/mol. The molecule has 1 heterocycles. The molecule has 0 radical (unpaired) electrons. The van der Waals surface area contributed by atoms with Crippen LogP contribution in [0.3, 0.4) is 0 Å². The van der Waals surface area contributed by atoms with Gasteiger partial charge in [-0.15, -0.1) is 11.3 Å². The number of nitriles is 1. The molecule has 0 unspecified atom stereocenters. The van der Waals surface area contributed by atoms with Crippen molar-refractivity contribution in [3.63, 3.8) is 0 Å². The lowest BCUT2D eigenvalue weighted by Gasteiger charge is -2.10. The first-order chi connectivity index (χ1) is 18.2. The van der Waals surface area contributed by atoms with Gasteiger partial charge in [0.15, 0.2) is 15.0 Å². The van der Waals surface area contributed by atoms with Crippen LogP contribution in [0.4, 0.5) is 5.13 Å². The Labute approximate surface area is 224 Å². The van der Waals surface area contributed by atoms with E-state index >= 15 is 0 Å². The van der Waals surface area contributed by atoms with Crippen molar-refractivity contribution in [1.82, 2.24) is 10.3 Å². The normalized spacial score (nSPS) is 11.1. The first kappa shape index (κ1) is 26.7. The number of nitrogens with zero attached hydrogens (tertiary/aromatic N) is 2. The van der Waals surface area contributed by atoms with Gasteiger partial charge in [0.2, 0.25) is 5.91 Å². The summed E-state index contributed by atoms with van der Waals surface area (Å²) in [6.45, 7) is 2.84. The molecule has 0 fully saturated rings. The van der Waals surface area contributed by atoms with Gasteiger partial charge in [0, 0.05) is 16.5 Å². The molecule has 4 aromatic rings. The van der Waals surface area contributed by atoms with E-state index in [0.29, 0.717) is 16.4 Å². The number of amides is 2. The van der Waals surface area contributed by atoms with Crippen molar-refractivity contribution in [3.8, 4) is 28.5 Å². The number of carbonyl (C=O) groups excluding carboxylic acids is 2. The molecule has 0 bridgehead atoms. The summed E-state index contributed by atoms with van der Waals surface area (Å²) in [7, 11) is -3.53. The maximum atomic E-state index is 12.5. The van der Waals surface area contributed by atoms with Crippen molar-refractivity contribution in [2.75, 3.05) is 11.9 Å². The molecule has 38 heavy (non-hydrogen) atoms. The van der Waals surface area contributed by atoms with E-state index in [4.69, 9.17) is 5.26 Å². The number of carbonyl (C=O) groups is 2. The van der Waals surface area contributed by atoms with Crippen molar-refractivity contribution < 1.29 is 18.0 Å². The maximum Gasteiger partial charge on any atom is 0.251 e. The highest BCUT2D eigenvalue weighted by molar-refractivity contribution is 7.92. The van der Waals surface area contributed by atoms with Crippen LogP contribution in [0.5, 0.6) is 0 Å². The van der Waals surface area contributed by atoms with Crippen LogP contribution in [-0.2, 0) is 14.6 Å².